The topological polar surface area (TPSA) is 82.8 Å². The summed E-state index contributed by atoms with van der Waals surface area (Å²) < 4.78 is 1.74. The van der Waals surface area contributed by atoms with Gasteiger partial charge in [-0.3, -0.25) is 14.5 Å². The van der Waals surface area contributed by atoms with Crippen LogP contribution >= 0.6 is 0 Å². The molecule has 0 bridgehead atoms. The van der Waals surface area contributed by atoms with Gasteiger partial charge in [0.25, 0.3) is 0 Å². The third-order valence-electron chi connectivity index (χ3n) is 2.73. The number of carboxylic acid groups (broad SMARTS) is 1. The van der Waals surface area contributed by atoms with Gasteiger partial charge in [0, 0.05) is 24.8 Å². The molecule has 0 aromatic carbocycles. The molecule has 1 rings (SSSR count). The van der Waals surface area contributed by atoms with E-state index in [1.165, 1.54) is 11.0 Å². The van der Waals surface area contributed by atoms with Crippen molar-refractivity contribution < 1.29 is 15.0 Å². The van der Waals surface area contributed by atoms with Crippen LogP contribution in [0.1, 0.15) is 11.4 Å². The molecule has 6 nitrogen and oxygen atoms in total. The Hall–Kier alpha value is -2.08. The van der Waals surface area contributed by atoms with E-state index < -0.39 is 11.4 Å². The Bertz CT molecular complexity index is 548. The highest BCUT2D eigenvalue weighted by Crippen LogP contribution is 2.16. The van der Waals surface area contributed by atoms with E-state index in [1.807, 2.05) is 0 Å². The normalized spacial score (nSPS) is 10.7. The maximum absolute atomic E-state index is 11.6. The van der Waals surface area contributed by atoms with E-state index >= 15 is 0 Å². The Labute approximate surface area is 111 Å². The van der Waals surface area contributed by atoms with E-state index in [0.717, 1.165) is 0 Å². The molecule has 0 fully saturated rings. The average Bonchev–Trinajstić information content (AvgIpc) is 2.29. The molecule has 0 unspecified atom stereocenters. The van der Waals surface area contributed by atoms with Crippen LogP contribution in [0.4, 0.5) is 0 Å². The molecule has 6 heteroatoms. The number of aromatic hydroxyl groups is 1. The van der Waals surface area contributed by atoms with Gasteiger partial charge in [-0.25, -0.2) is 0 Å². The molecule has 104 valence electrons. The third kappa shape index (κ3) is 3.69. The minimum atomic E-state index is -0.965. The first-order valence-corrected chi connectivity index (χ1v) is 5.80. The van der Waals surface area contributed by atoms with Gasteiger partial charge in [0.2, 0.25) is 5.43 Å². The van der Waals surface area contributed by atoms with Crippen molar-refractivity contribution in [2.75, 3.05) is 13.6 Å². The fourth-order valence-corrected chi connectivity index (χ4v) is 1.90. The van der Waals surface area contributed by atoms with Crippen molar-refractivity contribution >= 4 is 5.97 Å². The van der Waals surface area contributed by atoms with Crippen molar-refractivity contribution in [3.63, 3.8) is 0 Å². The average molecular weight is 266 g/mol. The SMILES string of the molecule is C=CCn1c(C)cc(=O)c(O)c1CN(C)CC(=O)O. The van der Waals surface area contributed by atoms with Gasteiger partial charge in [-0.1, -0.05) is 6.08 Å². The Morgan fingerprint density at radius 3 is 2.74 bits per heavy atom. The molecular weight excluding hydrogens is 248 g/mol. The quantitative estimate of drug-likeness (QED) is 0.735. The first kappa shape index (κ1) is 15.0. The molecule has 1 aromatic heterocycles. The van der Waals surface area contributed by atoms with Crippen LogP contribution in [0, 0.1) is 6.92 Å². The van der Waals surface area contributed by atoms with Crippen molar-refractivity contribution in [2.45, 2.75) is 20.0 Å². The minimum Gasteiger partial charge on any atom is -0.503 e. The lowest BCUT2D eigenvalue weighted by molar-refractivity contribution is -0.138. The monoisotopic (exact) mass is 266 g/mol. The number of aromatic nitrogens is 1. The largest absolute Gasteiger partial charge is 0.503 e. The van der Waals surface area contributed by atoms with E-state index in [0.29, 0.717) is 17.9 Å². The lowest BCUT2D eigenvalue weighted by Gasteiger charge is -2.20. The van der Waals surface area contributed by atoms with Gasteiger partial charge in [-0.15, -0.1) is 6.58 Å². The molecule has 19 heavy (non-hydrogen) atoms. The van der Waals surface area contributed by atoms with Gasteiger partial charge in [-0.05, 0) is 14.0 Å². The van der Waals surface area contributed by atoms with Crippen molar-refractivity contribution in [3.8, 4) is 5.75 Å². The van der Waals surface area contributed by atoms with Gasteiger partial charge >= 0.3 is 5.97 Å². The first-order valence-electron chi connectivity index (χ1n) is 5.80. The summed E-state index contributed by atoms with van der Waals surface area (Å²) in [5, 5.41) is 18.6. The van der Waals surface area contributed by atoms with Crippen LogP contribution in [0.2, 0.25) is 0 Å². The molecule has 0 atom stereocenters. The molecule has 0 radical (unpaired) electrons. The highest BCUT2D eigenvalue weighted by Gasteiger charge is 2.15. The summed E-state index contributed by atoms with van der Waals surface area (Å²) in [7, 11) is 1.61. The minimum absolute atomic E-state index is 0.170. The second kappa shape index (κ2) is 6.19. The van der Waals surface area contributed by atoms with E-state index in [4.69, 9.17) is 5.11 Å². The van der Waals surface area contributed by atoms with Crippen LogP contribution in [0.25, 0.3) is 0 Å². The van der Waals surface area contributed by atoms with Crippen molar-refractivity contribution in [1.29, 1.82) is 0 Å². The number of allylic oxidation sites excluding steroid dienone is 1. The van der Waals surface area contributed by atoms with E-state index in [-0.39, 0.29) is 18.8 Å². The lowest BCUT2D eigenvalue weighted by Crippen LogP contribution is -2.28. The van der Waals surface area contributed by atoms with Crippen molar-refractivity contribution in [2.24, 2.45) is 0 Å². The lowest BCUT2D eigenvalue weighted by atomic mass is 10.2. The van der Waals surface area contributed by atoms with E-state index in [9.17, 15) is 14.7 Å². The van der Waals surface area contributed by atoms with E-state index in [2.05, 4.69) is 6.58 Å². The summed E-state index contributed by atoms with van der Waals surface area (Å²) in [6.07, 6.45) is 1.65. The zero-order valence-corrected chi connectivity index (χ0v) is 11.1. The highest BCUT2D eigenvalue weighted by atomic mass is 16.4. The van der Waals surface area contributed by atoms with Gasteiger partial charge < -0.3 is 14.8 Å². The van der Waals surface area contributed by atoms with Gasteiger partial charge in [0.1, 0.15) is 0 Å². The third-order valence-corrected chi connectivity index (χ3v) is 2.73. The summed E-state index contributed by atoms with van der Waals surface area (Å²) in [5.74, 6) is -1.31. The van der Waals surface area contributed by atoms with Crippen molar-refractivity contribution in [3.05, 3.63) is 40.3 Å². The Kier molecular flexibility index (Phi) is 4.88. The number of carboxylic acids is 1. The summed E-state index contributed by atoms with van der Waals surface area (Å²) in [4.78, 5) is 23.7. The van der Waals surface area contributed by atoms with Gasteiger partial charge in [0.15, 0.2) is 5.75 Å². The number of rotatable bonds is 6. The molecule has 0 spiro atoms. The number of carbonyl (C=O) groups is 1. The van der Waals surface area contributed by atoms with Crippen LogP contribution in [-0.4, -0.2) is 39.2 Å². The molecular formula is C13H18N2O4. The number of likely N-dealkylation sites (N-methyl/N-ethyl adjacent to an activating group) is 1. The Morgan fingerprint density at radius 2 is 2.21 bits per heavy atom. The number of nitrogens with zero attached hydrogens (tertiary/aromatic N) is 2. The Balaban J connectivity index is 3.19. The fraction of sp³-hybridized carbons (Fsp3) is 0.385. The molecule has 0 saturated heterocycles. The molecule has 0 aliphatic carbocycles. The predicted octanol–water partition coefficient (Wildman–Crippen LogP) is 0.565. The zero-order chi connectivity index (χ0) is 14.6. The number of aryl methyl sites for hydroxylation is 1. The number of aliphatic carboxylic acids is 1. The molecule has 0 amide bonds. The maximum atomic E-state index is 11.6. The number of pyridine rings is 1. The summed E-state index contributed by atoms with van der Waals surface area (Å²) >= 11 is 0. The molecule has 1 heterocycles. The maximum Gasteiger partial charge on any atom is 0.317 e. The van der Waals surface area contributed by atoms with Gasteiger partial charge in [-0.2, -0.15) is 0 Å². The van der Waals surface area contributed by atoms with Crippen LogP contribution in [0.3, 0.4) is 0 Å². The first-order chi connectivity index (χ1) is 8.86. The number of hydrogen-bond acceptors (Lipinski definition) is 4. The smallest absolute Gasteiger partial charge is 0.317 e. The fourth-order valence-electron chi connectivity index (χ4n) is 1.90. The predicted molar refractivity (Wildman–Crippen MR) is 71.3 cm³/mol. The summed E-state index contributed by atoms with van der Waals surface area (Å²) in [6.45, 7) is 5.82. The zero-order valence-electron chi connectivity index (χ0n) is 11.1. The van der Waals surface area contributed by atoms with E-state index in [1.54, 1.807) is 24.6 Å². The Morgan fingerprint density at radius 1 is 1.58 bits per heavy atom. The van der Waals surface area contributed by atoms with Crippen molar-refractivity contribution in [1.82, 2.24) is 9.47 Å². The van der Waals surface area contributed by atoms with Crippen LogP contribution in [0.15, 0.2) is 23.5 Å². The molecule has 1 aromatic rings. The van der Waals surface area contributed by atoms with Crippen LogP contribution < -0.4 is 5.43 Å². The highest BCUT2D eigenvalue weighted by molar-refractivity contribution is 5.69. The molecule has 0 aliphatic rings. The molecule has 0 saturated carbocycles. The van der Waals surface area contributed by atoms with Crippen LogP contribution in [-0.2, 0) is 17.9 Å². The number of hydrogen-bond donors (Lipinski definition) is 2. The molecule has 2 N–H and O–H groups in total. The summed E-state index contributed by atoms with van der Waals surface area (Å²) in [5.41, 5.74) is 0.631. The standard InChI is InChI=1S/C13H18N2O4/c1-4-5-15-9(2)6-11(16)13(19)10(15)7-14(3)8-12(17)18/h4,6,19H,1,5,7-8H2,2-3H3,(H,17,18). The summed E-state index contributed by atoms with van der Waals surface area (Å²) in [6, 6.07) is 1.35. The second-order valence-electron chi connectivity index (χ2n) is 4.41. The van der Waals surface area contributed by atoms with Crippen LogP contribution in [0.5, 0.6) is 5.75 Å². The van der Waals surface area contributed by atoms with Gasteiger partial charge in [0.05, 0.1) is 12.2 Å². The second-order valence-corrected chi connectivity index (χ2v) is 4.41. The molecule has 0 aliphatic heterocycles.